The van der Waals surface area contributed by atoms with E-state index in [-0.39, 0.29) is 11.4 Å². The van der Waals surface area contributed by atoms with Crippen molar-refractivity contribution >= 4 is 23.1 Å². The topological polar surface area (TPSA) is 63.8 Å². The maximum atomic E-state index is 13.6. The van der Waals surface area contributed by atoms with Crippen LogP contribution in [0.3, 0.4) is 0 Å². The standard InChI is InChI=1S/C16H13F3N2O3/c1-23-15(22)12-13(11-7-4-8-24-11)20-9-5-2-3-6-10(9)21-14(12)16(17,18)19/h2-8,12-13,20H,1H3/t12-,13+/m0/s1. The van der Waals surface area contributed by atoms with E-state index in [0.29, 0.717) is 5.69 Å². The van der Waals surface area contributed by atoms with E-state index in [1.54, 1.807) is 18.2 Å². The van der Waals surface area contributed by atoms with Crippen LogP contribution in [0.2, 0.25) is 0 Å². The number of anilines is 1. The predicted molar refractivity (Wildman–Crippen MR) is 80.2 cm³/mol. The molecule has 1 aromatic heterocycles. The molecule has 2 atom stereocenters. The van der Waals surface area contributed by atoms with Gasteiger partial charge in [0.1, 0.15) is 23.4 Å². The SMILES string of the molecule is COC(=O)[C@@H]1C(C(F)(F)F)=Nc2ccccc2N[C@@H]1c1ccco1. The zero-order chi connectivity index (χ0) is 17.3. The van der Waals surface area contributed by atoms with Crippen LogP contribution in [0.5, 0.6) is 0 Å². The number of halogens is 3. The van der Waals surface area contributed by atoms with Crippen molar-refractivity contribution in [3.8, 4) is 0 Å². The number of para-hydroxylation sites is 2. The molecule has 2 aromatic rings. The summed E-state index contributed by atoms with van der Waals surface area (Å²) in [4.78, 5) is 15.9. The predicted octanol–water partition coefficient (Wildman–Crippen LogP) is 3.87. The van der Waals surface area contributed by atoms with E-state index in [2.05, 4.69) is 15.0 Å². The van der Waals surface area contributed by atoms with Gasteiger partial charge < -0.3 is 14.5 Å². The summed E-state index contributed by atoms with van der Waals surface area (Å²) in [6.07, 6.45) is -3.48. The average Bonchev–Trinajstić information content (AvgIpc) is 3.01. The highest BCUT2D eigenvalue weighted by Gasteiger charge is 2.50. The highest BCUT2D eigenvalue weighted by molar-refractivity contribution is 6.08. The number of furan rings is 1. The van der Waals surface area contributed by atoms with Crippen LogP contribution in [-0.4, -0.2) is 25.0 Å². The number of rotatable bonds is 2. The number of benzene rings is 1. The molecule has 126 valence electrons. The summed E-state index contributed by atoms with van der Waals surface area (Å²) in [5.74, 6) is -2.57. The second-order valence-corrected chi connectivity index (χ2v) is 5.15. The summed E-state index contributed by atoms with van der Waals surface area (Å²) in [5.41, 5.74) is -0.770. The number of nitrogens with zero attached hydrogens (tertiary/aromatic N) is 1. The van der Waals surface area contributed by atoms with Crippen molar-refractivity contribution in [1.82, 2.24) is 0 Å². The Balaban J connectivity index is 2.22. The number of hydrogen-bond acceptors (Lipinski definition) is 5. The number of carbonyl (C=O) groups excluding carboxylic acids is 1. The zero-order valence-electron chi connectivity index (χ0n) is 12.5. The first kappa shape index (κ1) is 16.1. The maximum Gasteiger partial charge on any atom is 0.430 e. The summed E-state index contributed by atoms with van der Waals surface area (Å²) in [6, 6.07) is 8.18. The van der Waals surface area contributed by atoms with Gasteiger partial charge in [0.25, 0.3) is 0 Å². The molecule has 0 spiro atoms. The van der Waals surface area contributed by atoms with Crippen molar-refractivity contribution in [3.63, 3.8) is 0 Å². The lowest BCUT2D eigenvalue weighted by Crippen LogP contribution is -2.41. The van der Waals surface area contributed by atoms with Gasteiger partial charge in [0.15, 0.2) is 0 Å². The quantitative estimate of drug-likeness (QED) is 0.844. The second-order valence-electron chi connectivity index (χ2n) is 5.15. The Hall–Kier alpha value is -2.77. The number of aliphatic imine (C=N–C) groups is 1. The van der Waals surface area contributed by atoms with E-state index < -0.39 is 29.8 Å². The monoisotopic (exact) mass is 338 g/mol. The van der Waals surface area contributed by atoms with Gasteiger partial charge in [0.2, 0.25) is 0 Å². The van der Waals surface area contributed by atoms with Crippen molar-refractivity contribution in [2.45, 2.75) is 12.2 Å². The number of carbonyl (C=O) groups is 1. The van der Waals surface area contributed by atoms with Crippen LogP contribution in [-0.2, 0) is 9.53 Å². The van der Waals surface area contributed by atoms with Gasteiger partial charge in [0.05, 0.1) is 24.7 Å². The third-order valence-corrected chi connectivity index (χ3v) is 3.68. The van der Waals surface area contributed by atoms with Gasteiger partial charge >= 0.3 is 12.1 Å². The Morgan fingerprint density at radius 3 is 2.62 bits per heavy atom. The molecule has 3 rings (SSSR count). The van der Waals surface area contributed by atoms with Crippen molar-refractivity contribution in [1.29, 1.82) is 0 Å². The molecule has 1 aliphatic rings. The first-order valence-electron chi connectivity index (χ1n) is 7.04. The molecule has 1 N–H and O–H groups in total. The Morgan fingerprint density at radius 2 is 2.00 bits per heavy atom. The van der Waals surface area contributed by atoms with Gasteiger partial charge in [-0.1, -0.05) is 12.1 Å². The summed E-state index contributed by atoms with van der Waals surface area (Å²) in [6.45, 7) is 0. The lowest BCUT2D eigenvalue weighted by atomic mass is 9.92. The van der Waals surface area contributed by atoms with E-state index >= 15 is 0 Å². The number of esters is 1. The van der Waals surface area contributed by atoms with Crippen LogP contribution in [0.1, 0.15) is 11.8 Å². The highest BCUT2D eigenvalue weighted by Crippen LogP contribution is 2.41. The fraction of sp³-hybridized carbons (Fsp3) is 0.250. The molecule has 0 radical (unpaired) electrons. The molecule has 0 unspecified atom stereocenters. The molecule has 8 heteroatoms. The number of methoxy groups -OCH3 is 1. The Kier molecular flexibility index (Phi) is 4.04. The van der Waals surface area contributed by atoms with E-state index in [0.717, 1.165) is 7.11 Å². The molecular formula is C16H13F3N2O3. The number of hydrogen-bond donors (Lipinski definition) is 1. The minimum atomic E-state index is -4.80. The van der Waals surface area contributed by atoms with Crippen LogP contribution in [0.4, 0.5) is 24.5 Å². The smallest absolute Gasteiger partial charge is 0.430 e. The Morgan fingerprint density at radius 1 is 1.25 bits per heavy atom. The second kappa shape index (κ2) is 6.03. The average molecular weight is 338 g/mol. The van der Waals surface area contributed by atoms with Crippen molar-refractivity contribution in [2.24, 2.45) is 10.9 Å². The van der Waals surface area contributed by atoms with Crippen molar-refractivity contribution in [2.75, 3.05) is 12.4 Å². The van der Waals surface area contributed by atoms with Gasteiger partial charge in [-0.25, -0.2) is 4.99 Å². The fourth-order valence-electron chi connectivity index (χ4n) is 2.62. The molecule has 2 heterocycles. The Bertz CT molecular complexity index is 769. The zero-order valence-corrected chi connectivity index (χ0v) is 12.5. The molecule has 0 fully saturated rings. The first-order valence-corrected chi connectivity index (χ1v) is 7.04. The lowest BCUT2D eigenvalue weighted by molar-refractivity contribution is -0.145. The molecule has 1 aromatic carbocycles. The van der Waals surface area contributed by atoms with Gasteiger partial charge in [-0.2, -0.15) is 13.2 Å². The largest absolute Gasteiger partial charge is 0.468 e. The molecule has 0 saturated carbocycles. The minimum absolute atomic E-state index is 0.0905. The van der Waals surface area contributed by atoms with E-state index in [1.807, 2.05) is 0 Å². The maximum absolute atomic E-state index is 13.6. The van der Waals surface area contributed by atoms with Crippen LogP contribution < -0.4 is 5.32 Å². The van der Waals surface area contributed by atoms with Gasteiger partial charge in [-0.15, -0.1) is 0 Å². The van der Waals surface area contributed by atoms with Gasteiger partial charge in [-0.3, -0.25) is 4.79 Å². The van der Waals surface area contributed by atoms with Crippen LogP contribution in [0.25, 0.3) is 0 Å². The molecule has 0 saturated heterocycles. The summed E-state index contributed by atoms with van der Waals surface area (Å²) in [7, 11) is 1.04. The molecule has 5 nitrogen and oxygen atoms in total. The third-order valence-electron chi connectivity index (χ3n) is 3.68. The van der Waals surface area contributed by atoms with E-state index in [4.69, 9.17) is 4.42 Å². The molecule has 0 amide bonds. The van der Waals surface area contributed by atoms with E-state index in [1.165, 1.54) is 24.5 Å². The molecule has 24 heavy (non-hydrogen) atoms. The van der Waals surface area contributed by atoms with Crippen molar-refractivity contribution < 1.29 is 27.1 Å². The van der Waals surface area contributed by atoms with Crippen molar-refractivity contribution in [3.05, 3.63) is 48.4 Å². The fourth-order valence-corrected chi connectivity index (χ4v) is 2.62. The number of alkyl halides is 3. The molecule has 0 aliphatic carbocycles. The highest BCUT2D eigenvalue weighted by atomic mass is 19.4. The normalized spacial score (nSPS) is 20.4. The lowest BCUT2D eigenvalue weighted by Gasteiger charge is -2.25. The van der Waals surface area contributed by atoms with E-state index in [9.17, 15) is 18.0 Å². The summed E-state index contributed by atoms with van der Waals surface area (Å²) in [5, 5.41) is 2.92. The van der Waals surface area contributed by atoms with Crippen LogP contribution >= 0.6 is 0 Å². The summed E-state index contributed by atoms with van der Waals surface area (Å²) >= 11 is 0. The molecule has 0 bridgehead atoms. The molecular weight excluding hydrogens is 325 g/mol. The van der Waals surface area contributed by atoms with Crippen LogP contribution in [0, 0.1) is 5.92 Å². The van der Waals surface area contributed by atoms with Gasteiger partial charge in [-0.05, 0) is 24.3 Å². The minimum Gasteiger partial charge on any atom is -0.468 e. The third kappa shape index (κ3) is 2.86. The molecule has 1 aliphatic heterocycles. The summed E-state index contributed by atoms with van der Waals surface area (Å²) < 4.78 is 50.6. The van der Waals surface area contributed by atoms with Gasteiger partial charge in [0, 0.05) is 0 Å². The number of nitrogens with one attached hydrogen (secondary N) is 1. The first-order chi connectivity index (χ1) is 11.4. The number of ether oxygens (including phenoxy) is 1. The Labute approximate surface area is 135 Å². The van der Waals surface area contributed by atoms with Crippen LogP contribution in [0.15, 0.2) is 52.1 Å². The number of fused-ring (bicyclic) bond motifs is 1.